The summed E-state index contributed by atoms with van der Waals surface area (Å²) in [6, 6.07) is 10.7. The summed E-state index contributed by atoms with van der Waals surface area (Å²) in [5, 5.41) is 2.52. The minimum Gasteiger partial charge on any atom is -0.381 e. The first kappa shape index (κ1) is 20.1. The van der Waals surface area contributed by atoms with Crippen molar-refractivity contribution in [2.75, 3.05) is 10.0 Å². The lowest BCUT2D eigenvalue weighted by molar-refractivity contribution is -0.138. The van der Waals surface area contributed by atoms with E-state index in [9.17, 15) is 21.6 Å². The molecular weight excluding hydrogens is 365 g/mol. The molecule has 0 amide bonds. The molecule has 2 rings (SSSR count). The number of rotatable bonds is 6. The zero-order valence-corrected chi connectivity index (χ0v) is 15.5. The molecule has 0 aliphatic rings. The van der Waals surface area contributed by atoms with Gasteiger partial charge in [0, 0.05) is 17.9 Å². The van der Waals surface area contributed by atoms with Gasteiger partial charge in [-0.05, 0) is 62.2 Å². The van der Waals surface area contributed by atoms with E-state index in [1.54, 1.807) is 38.1 Å². The maximum absolute atomic E-state index is 12.8. The molecule has 0 radical (unpaired) electrons. The standard InChI is InChI=1S/C18H21F3N2O2S/c1-12(2)26(24,25)23-15-6-4-14(5-7-15)11-22-16-8-9-17(13(3)10-16)18(19,20)21/h4-10,12,22-23H,11H2,1-3H3. The van der Waals surface area contributed by atoms with E-state index in [-0.39, 0.29) is 5.56 Å². The molecule has 0 bridgehead atoms. The van der Waals surface area contributed by atoms with Crippen LogP contribution < -0.4 is 10.0 Å². The van der Waals surface area contributed by atoms with Gasteiger partial charge in [-0.2, -0.15) is 13.2 Å². The fraction of sp³-hybridized carbons (Fsp3) is 0.333. The first-order chi connectivity index (χ1) is 12.0. The third-order valence-corrected chi connectivity index (χ3v) is 5.62. The molecule has 142 valence electrons. The van der Waals surface area contributed by atoms with E-state index in [1.807, 2.05) is 0 Å². The van der Waals surface area contributed by atoms with Crippen molar-refractivity contribution >= 4 is 21.4 Å². The summed E-state index contributed by atoms with van der Waals surface area (Å²) in [4.78, 5) is 0. The third kappa shape index (κ3) is 5.14. The van der Waals surface area contributed by atoms with Gasteiger partial charge in [-0.1, -0.05) is 12.1 Å². The molecular formula is C18H21F3N2O2S. The molecule has 0 fully saturated rings. The Kier molecular flexibility index (Phi) is 5.85. The van der Waals surface area contributed by atoms with Gasteiger partial charge in [0.05, 0.1) is 10.8 Å². The average molecular weight is 386 g/mol. The molecule has 2 N–H and O–H groups in total. The maximum Gasteiger partial charge on any atom is 0.416 e. The summed E-state index contributed by atoms with van der Waals surface area (Å²) in [5.41, 5.74) is 1.42. The molecule has 2 aromatic rings. The van der Waals surface area contributed by atoms with Crippen molar-refractivity contribution in [2.45, 2.75) is 38.7 Å². The van der Waals surface area contributed by atoms with Crippen LogP contribution in [0.1, 0.15) is 30.5 Å². The fourth-order valence-electron chi connectivity index (χ4n) is 2.27. The zero-order valence-electron chi connectivity index (χ0n) is 14.7. The highest BCUT2D eigenvalue weighted by Crippen LogP contribution is 2.32. The number of benzene rings is 2. The SMILES string of the molecule is Cc1cc(NCc2ccc(NS(=O)(=O)C(C)C)cc2)ccc1C(F)(F)F. The first-order valence-electron chi connectivity index (χ1n) is 8.01. The number of nitrogens with one attached hydrogen (secondary N) is 2. The summed E-state index contributed by atoms with van der Waals surface area (Å²) in [5.74, 6) is 0. The maximum atomic E-state index is 12.8. The van der Waals surface area contributed by atoms with Gasteiger partial charge in [-0.15, -0.1) is 0 Å². The topological polar surface area (TPSA) is 58.2 Å². The van der Waals surface area contributed by atoms with Gasteiger partial charge in [0.1, 0.15) is 0 Å². The molecule has 0 saturated heterocycles. The third-order valence-electron chi connectivity index (χ3n) is 3.86. The molecule has 0 heterocycles. The first-order valence-corrected chi connectivity index (χ1v) is 9.56. The van der Waals surface area contributed by atoms with Crippen molar-refractivity contribution in [1.29, 1.82) is 0 Å². The van der Waals surface area contributed by atoms with Crippen LogP contribution in [-0.2, 0) is 22.7 Å². The van der Waals surface area contributed by atoms with Gasteiger partial charge >= 0.3 is 6.18 Å². The quantitative estimate of drug-likeness (QED) is 0.751. The second-order valence-electron chi connectivity index (χ2n) is 6.27. The Morgan fingerprint density at radius 1 is 1.00 bits per heavy atom. The minimum atomic E-state index is -4.36. The molecule has 8 heteroatoms. The predicted octanol–water partition coefficient (Wildman–Crippen LogP) is 4.78. The Balaban J connectivity index is 2.01. The molecule has 0 unspecified atom stereocenters. The van der Waals surface area contributed by atoms with Crippen LogP contribution in [0.15, 0.2) is 42.5 Å². The summed E-state index contributed by atoms with van der Waals surface area (Å²) in [6.45, 7) is 5.00. The van der Waals surface area contributed by atoms with Crippen molar-refractivity contribution in [3.8, 4) is 0 Å². The van der Waals surface area contributed by atoms with E-state index >= 15 is 0 Å². The normalized spacial score (nSPS) is 12.3. The number of anilines is 2. The molecule has 0 aliphatic heterocycles. The van der Waals surface area contributed by atoms with Gasteiger partial charge in [-0.3, -0.25) is 4.72 Å². The number of hydrogen-bond acceptors (Lipinski definition) is 3. The summed E-state index contributed by atoms with van der Waals surface area (Å²) in [7, 11) is -3.40. The molecule has 0 aliphatic carbocycles. The lowest BCUT2D eigenvalue weighted by atomic mass is 10.1. The second-order valence-corrected chi connectivity index (χ2v) is 8.51. The van der Waals surface area contributed by atoms with E-state index in [1.165, 1.54) is 19.1 Å². The number of hydrogen-bond donors (Lipinski definition) is 2. The van der Waals surface area contributed by atoms with E-state index in [4.69, 9.17) is 0 Å². The van der Waals surface area contributed by atoms with E-state index in [2.05, 4.69) is 10.0 Å². The summed E-state index contributed by atoms with van der Waals surface area (Å²) < 4.78 is 64.4. The Morgan fingerprint density at radius 2 is 1.58 bits per heavy atom. The van der Waals surface area contributed by atoms with Crippen LogP contribution in [0.3, 0.4) is 0 Å². The minimum absolute atomic E-state index is 0.154. The van der Waals surface area contributed by atoms with Crippen molar-refractivity contribution in [1.82, 2.24) is 0 Å². The monoisotopic (exact) mass is 386 g/mol. The molecule has 0 spiro atoms. The highest BCUT2D eigenvalue weighted by Gasteiger charge is 2.32. The van der Waals surface area contributed by atoms with Crippen molar-refractivity contribution in [2.24, 2.45) is 0 Å². The number of aryl methyl sites for hydroxylation is 1. The van der Waals surface area contributed by atoms with E-state index in [0.717, 1.165) is 11.6 Å². The number of sulfonamides is 1. The lowest BCUT2D eigenvalue weighted by Gasteiger charge is -2.13. The Bertz CT molecular complexity index is 861. The van der Waals surface area contributed by atoms with Crippen LogP contribution in [0.2, 0.25) is 0 Å². The van der Waals surface area contributed by atoms with Crippen molar-refractivity contribution in [3.05, 3.63) is 59.2 Å². The van der Waals surface area contributed by atoms with Gasteiger partial charge in [-0.25, -0.2) is 8.42 Å². The van der Waals surface area contributed by atoms with Crippen LogP contribution >= 0.6 is 0 Å². The smallest absolute Gasteiger partial charge is 0.381 e. The fourth-order valence-corrected chi connectivity index (χ4v) is 2.97. The Morgan fingerprint density at radius 3 is 2.08 bits per heavy atom. The number of halogens is 3. The zero-order chi connectivity index (χ0) is 19.5. The van der Waals surface area contributed by atoms with Gasteiger partial charge in [0.25, 0.3) is 0 Å². The molecule has 0 saturated carbocycles. The second kappa shape index (κ2) is 7.57. The van der Waals surface area contributed by atoms with Gasteiger partial charge in [0.2, 0.25) is 10.0 Å². The summed E-state index contributed by atoms with van der Waals surface area (Å²) in [6.07, 6.45) is -4.36. The Hall–Kier alpha value is -2.22. The number of alkyl halides is 3. The molecule has 26 heavy (non-hydrogen) atoms. The largest absolute Gasteiger partial charge is 0.416 e. The van der Waals surface area contributed by atoms with Gasteiger partial charge < -0.3 is 5.32 Å². The van der Waals surface area contributed by atoms with Crippen LogP contribution in [0.5, 0.6) is 0 Å². The molecule has 0 atom stereocenters. The van der Waals surface area contributed by atoms with E-state index < -0.39 is 27.0 Å². The van der Waals surface area contributed by atoms with E-state index in [0.29, 0.717) is 17.9 Å². The highest BCUT2D eigenvalue weighted by atomic mass is 32.2. The Labute approximate surface area is 151 Å². The summed E-state index contributed by atoms with van der Waals surface area (Å²) >= 11 is 0. The van der Waals surface area contributed by atoms with Crippen LogP contribution in [-0.4, -0.2) is 13.7 Å². The predicted molar refractivity (Wildman–Crippen MR) is 97.6 cm³/mol. The molecule has 2 aromatic carbocycles. The average Bonchev–Trinajstić information content (AvgIpc) is 2.52. The lowest BCUT2D eigenvalue weighted by Crippen LogP contribution is -2.22. The van der Waals surface area contributed by atoms with Gasteiger partial charge in [0.15, 0.2) is 0 Å². The van der Waals surface area contributed by atoms with Crippen LogP contribution in [0.4, 0.5) is 24.5 Å². The molecule has 0 aromatic heterocycles. The highest BCUT2D eigenvalue weighted by molar-refractivity contribution is 7.93. The van der Waals surface area contributed by atoms with Crippen LogP contribution in [0.25, 0.3) is 0 Å². The molecule has 4 nitrogen and oxygen atoms in total. The van der Waals surface area contributed by atoms with Crippen molar-refractivity contribution < 1.29 is 21.6 Å². The van der Waals surface area contributed by atoms with Crippen LogP contribution in [0, 0.1) is 6.92 Å². The van der Waals surface area contributed by atoms with Crippen molar-refractivity contribution in [3.63, 3.8) is 0 Å².